The number of benzene rings is 2. The normalized spacial score (nSPS) is 21.0. The second-order valence-corrected chi connectivity index (χ2v) is 7.76. The monoisotopic (exact) mass is 393 g/mol. The number of aromatic hydroxyl groups is 1. The number of methoxy groups -OCH3 is 1. The van der Waals surface area contributed by atoms with E-state index < -0.39 is 5.66 Å². The summed E-state index contributed by atoms with van der Waals surface area (Å²) >= 11 is 0. The van der Waals surface area contributed by atoms with E-state index >= 15 is 0 Å². The Morgan fingerprint density at radius 1 is 1.17 bits per heavy atom. The van der Waals surface area contributed by atoms with Crippen LogP contribution < -0.4 is 10.1 Å². The molecule has 2 heterocycles. The number of phenols is 1. The molecular weight excluding hydrogens is 366 g/mol. The van der Waals surface area contributed by atoms with Crippen molar-refractivity contribution in [2.75, 3.05) is 20.2 Å². The lowest BCUT2D eigenvalue weighted by Crippen LogP contribution is -2.56. The molecule has 0 unspecified atom stereocenters. The molecule has 2 aromatic carbocycles. The van der Waals surface area contributed by atoms with Crippen LogP contribution in [0, 0.1) is 0 Å². The van der Waals surface area contributed by atoms with Crippen molar-refractivity contribution in [3.63, 3.8) is 0 Å². The second kappa shape index (κ2) is 7.87. The lowest BCUT2D eigenvalue weighted by atomic mass is 9.87. The number of ether oxygens (including phenoxy) is 1. The number of hydrogen-bond acceptors (Lipinski definition) is 5. The van der Waals surface area contributed by atoms with E-state index in [0.717, 1.165) is 35.4 Å². The van der Waals surface area contributed by atoms with E-state index in [4.69, 9.17) is 9.73 Å². The van der Waals surface area contributed by atoms with Crippen molar-refractivity contribution >= 4 is 11.6 Å². The molecule has 1 spiro atoms. The molecule has 1 fully saturated rings. The first-order valence-corrected chi connectivity index (χ1v) is 10.0. The van der Waals surface area contributed by atoms with E-state index in [0.29, 0.717) is 19.5 Å². The average molecular weight is 393 g/mol. The molecule has 1 amide bonds. The van der Waals surface area contributed by atoms with Crippen LogP contribution in [0.1, 0.15) is 43.4 Å². The number of hydrogen-bond donors (Lipinski definition) is 2. The van der Waals surface area contributed by atoms with Crippen LogP contribution in [-0.4, -0.2) is 47.5 Å². The van der Waals surface area contributed by atoms with Gasteiger partial charge in [0.05, 0.1) is 7.11 Å². The molecule has 0 bridgehead atoms. The number of piperidine rings is 1. The Hall–Kier alpha value is -2.86. The molecule has 0 radical (unpaired) electrons. The van der Waals surface area contributed by atoms with Gasteiger partial charge in [0.1, 0.15) is 17.2 Å². The van der Waals surface area contributed by atoms with Crippen LogP contribution in [0.25, 0.3) is 0 Å². The number of carbonyl (C=O) groups is 1. The molecule has 0 aromatic heterocycles. The number of rotatable bonds is 3. The molecule has 2 aliphatic heterocycles. The van der Waals surface area contributed by atoms with Crippen LogP contribution >= 0.6 is 0 Å². The average Bonchev–Trinajstić information content (AvgIpc) is 2.74. The molecule has 6 nitrogen and oxygen atoms in total. The van der Waals surface area contributed by atoms with Crippen molar-refractivity contribution in [3.8, 4) is 11.5 Å². The highest BCUT2D eigenvalue weighted by Gasteiger charge is 2.41. The summed E-state index contributed by atoms with van der Waals surface area (Å²) in [6.45, 7) is 2.94. The first-order chi connectivity index (χ1) is 14.0. The summed E-state index contributed by atoms with van der Waals surface area (Å²) < 4.78 is 5.61. The van der Waals surface area contributed by atoms with Gasteiger partial charge in [-0.3, -0.25) is 15.1 Å². The number of nitrogens with one attached hydrogen (secondary N) is 1. The zero-order chi connectivity index (χ0) is 20.4. The highest BCUT2D eigenvalue weighted by molar-refractivity contribution is 6.03. The van der Waals surface area contributed by atoms with Gasteiger partial charge >= 0.3 is 0 Å². The van der Waals surface area contributed by atoms with Gasteiger partial charge in [-0.2, -0.15) is 0 Å². The van der Waals surface area contributed by atoms with E-state index in [1.807, 2.05) is 41.3 Å². The summed E-state index contributed by atoms with van der Waals surface area (Å²) in [5.41, 5.74) is 2.26. The van der Waals surface area contributed by atoms with E-state index in [1.165, 1.54) is 0 Å². The lowest BCUT2D eigenvalue weighted by molar-refractivity contribution is -0.130. The minimum atomic E-state index is -0.465. The molecule has 152 valence electrons. The summed E-state index contributed by atoms with van der Waals surface area (Å²) in [7, 11) is 1.68. The minimum Gasteiger partial charge on any atom is -0.507 e. The third-order valence-corrected chi connectivity index (χ3v) is 5.95. The van der Waals surface area contributed by atoms with Crippen LogP contribution in [0.5, 0.6) is 11.5 Å². The maximum atomic E-state index is 11.8. The molecule has 4 rings (SSSR count). The van der Waals surface area contributed by atoms with Gasteiger partial charge in [0.25, 0.3) is 0 Å². The van der Waals surface area contributed by atoms with Gasteiger partial charge in [-0.05, 0) is 18.2 Å². The Morgan fingerprint density at radius 2 is 1.86 bits per heavy atom. The third-order valence-electron chi connectivity index (χ3n) is 5.95. The van der Waals surface area contributed by atoms with Gasteiger partial charge < -0.3 is 14.7 Å². The largest absolute Gasteiger partial charge is 0.507 e. The highest BCUT2D eigenvalue weighted by atomic mass is 16.5. The zero-order valence-corrected chi connectivity index (χ0v) is 16.9. The van der Waals surface area contributed by atoms with Crippen LogP contribution in [0.15, 0.2) is 53.5 Å². The van der Waals surface area contributed by atoms with Crippen molar-refractivity contribution in [1.82, 2.24) is 10.2 Å². The Balaban J connectivity index is 1.73. The van der Waals surface area contributed by atoms with Gasteiger partial charge in [-0.25, -0.2) is 0 Å². The molecule has 1 atom stereocenters. The van der Waals surface area contributed by atoms with Crippen LogP contribution in [0.3, 0.4) is 0 Å². The smallest absolute Gasteiger partial charge is 0.219 e. The molecular formula is C23H27N3O3. The Morgan fingerprint density at radius 3 is 2.55 bits per heavy atom. The molecule has 6 heteroatoms. The maximum absolute atomic E-state index is 11.8. The third kappa shape index (κ3) is 3.85. The topological polar surface area (TPSA) is 74.2 Å². The number of nitrogens with zero attached hydrogens (tertiary/aromatic N) is 2. The van der Waals surface area contributed by atoms with Crippen LogP contribution in [0.4, 0.5) is 0 Å². The Kier molecular flexibility index (Phi) is 5.28. The SMILES string of the molecule is COc1ccccc1[C@H]1CC(c2ccccc2O)=NC2(CCN(C(C)=O)CC2)N1. The molecule has 2 aromatic rings. The number of amides is 1. The minimum absolute atomic E-state index is 0.00198. The van der Waals surface area contributed by atoms with Gasteiger partial charge in [0.2, 0.25) is 5.91 Å². The first kappa shape index (κ1) is 19.5. The molecule has 2 aliphatic rings. The van der Waals surface area contributed by atoms with Crippen LogP contribution in [-0.2, 0) is 4.79 Å². The number of phenolic OH excluding ortho intramolecular Hbond substituents is 1. The Labute approximate surface area is 171 Å². The van der Waals surface area contributed by atoms with E-state index in [1.54, 1.807) is 20.1 Å². The van der Waals surface area contributed by atoms with Crippen molar-refractivity contribution in [1.29, 1.82) is 0 Å². The van der Waals surface area contributed by atoms with Crippen molar-refractivity contribution in [2.45, 2.75) is 37.9 Å². The summed E-state index contributed by atoms with van der Waals surface area (Å²) in [6, 6.07) is 15.4. The number of likely N-dealkylation sites (tertiary alicyclic amines) is 1. The number of carbonyl (C=O) groups excluding carboxylic acids is 1. The summed E-state index contributed by atoms with van der Waals surface area (Å²) in [6.07, 6.45) is 2.11. The first-order valence-electron chi connectivity index (χ1n) is 10.0. The molecule has 1 saturated heterocycles. The van der Waals surface area contributed by atoms with Gasteiger partial charge in [-0.1, -0.05) is 30.3 Å². The van der Waals surface area contributed by atoms with E-state index in [2.05, 4.69) is 11.4 Å². The van der Waals surface area contributed by atoms with Gasteiger partial charge in [-0.15, -0.1) is 0 Å². The quantitative estimate of drug-likeness (QED) is 0.839. The molecule has 0 aliphatic carbocycles. The molecule has 29 heavy (non-hydrogen) atoms. The predicted molar refractivity (Wildman–Crippen MR) is 112 cm³/mol. The standard InChI is InChI=1S/C23H27N3O3/c1-16(27)26-13-11-23(12-14-26)24-19(17-7-3-5-9-21(17)28)15-20(25-23)18-8-4-6-10-22(18)29-2/h3-10,20,25,28H,11-15H2,1-2H3/t20-/m1/s1. The van der Waals surface area contributed by atoms with Gasteiger partial charge in [0, 0.05) is 62.2 Å². The fourth-order valence-corrected chi connectivity index (χ4v) is 4.38. The fraction of sp³-hybridized carbons (Fsp3) is 0.391. The van der Waals surface area contributed by atoms with E-state index in [-0.39, 0.29) is 17.7 Å². The van der Waals surface area contributed by atoms with Crippen LogP contribution in [0.2, 0.25) is 0 Å². The summed E-state index contributed by atoms with van der Waals surface area (Å²) in [5.74, 6) is 1.17. The Bertz CT molecular complexity index is 932. The second-order valence-electron chi connectivity index (χ2n) is 7.76. The lowest BCUT2D eigenvalue weighted by Gasteiger charge is -2.45. The number of para-hydroxylation sites is 2. The highest BCUT2D eigenvalue weighted by Crippen LogP contribution is 2.38. The maximum Gasteiger partial charge on any atom is 0.219 e. The zero-order valence-electron chi connectivity index (χ0n) is 16.9. The number of aliphatic imine (C=N–C) groups is 1. The molecule has 0 saturated carbocycles. The fourth-order valence-electron chi connectivity index (χ4n) is 4.38. The van der Waals surface area contributed by atoms with Crippen molar-refractivity contribution in [2.24, 2.45) is 4.99 Å². The van der Waals surface area contributed by atoms with Crippen molar-refractivity contribution < 1.29 is 14.6 Å². The molecule has 2 N–H and O–H groups in total. The van der Waals surface area contributed by atoms with Crippen molar-refractivity contribution in [3.05, 3.63) is 59.7 Å². The summed E-state index contributed by atoms with van der Waals surface area (Å²) in [4.78, 5) is 18.8. The van der Waals surface area contributed by atoms with E-state index in [9.17, 15) is 9.90 Å². The predicted octanol–water partition coefficient (Wildman–Crippen LogP) is 3.26. The van der Waals surface area contributed by atoms with Gasteiger partial charge in [0.15, 0.2) is 0 Å². The summed E-state index contributed by atoms with van der Waals surface area (Å²) in [5, 5.41) is 14.2.